The zero-order valence-corrected chi connectivity index (χ0v) is 10.5. The van der Waals surface area contributed by atoms with Gasteiger partial charge in [0.25, 0.3) is 0 Å². The highest BCUT2D eigenvalue weighted by atomic mass is 32.1. The molecule has 0 fully saturated rings. The van der Waals surface area contributed by atoms with Gasteiger partial charge in [-0.25, -0.2) is 14.6 Å². The average molecular weight is 257 g/mol. The standard InChI is InChI=1S/C10H15N3O3S/c1-3-8(9(14)15)13-10(16)12-5-7-4-11-6(2)17-7/h4,8H,3,5H2,1-2H3,(H,14,15)(H2,12,13,16)/t8-/m1/s1. The van der Waals surface area contributed by atoms with Gasteiger partial charge in [-0.3, -0.25) is 0 Å². The minimum atomic E-state index is -1.03. The summed E-state index contributed by atoms with van der Waals surface area (Å²) >= 11 is 1.49. The second-order valence-corrected chi connectivity index (χ2v) is 4.79. The van der Waals surface area contributed by atoms with Crippen LogP contribution in [0.5, 0.6) is 0 Å². The van der Waals surface area contributed by atoms with Crippen molar-refractivity contribution in [3.8, 4) is 0 Å². The van der Waals surface area contributed by atoms with Gasteiger partial charge >= 0.3 is 12.0 Å². The van der Waals surface area contributed by atoms with Gasteiger partial charge in [0.15, 0.2) is 0 Å². The Balaban J connectivity index is 2.37. The maximum absolute atomic E-state index is 11.4. The maximum atomic E-state index is 11.4. The van der Waals surface area contributed by atoms with Crippen molar-refractivity contribution in [2.24, 2.45) is 0 Å². The topological polar surface area (TPSA) is 91.3 Å². The molecule has 0 aliphatic rings. The van der Waals surface area contributed by atoms with Crippen LogP contribution in [0, 0.1) is 6.92 Å². The first-order chi connectivity index (χ1) is 8.02. The number of urea groups is 1. The largest absolute Gasteiger partial charge is 0.480 e. The Labute approximate surface area is 103 Å². The summed E-state index contributed by atoms with van der Waals surface area (Å²) in [5.74, 6) is -1.03. The highest BCUT2D eigenvalue weighted by molar-refractivity contribution is 7.11. The second kappa shape index (κ2) is 6.19. The Bertz CT molecular complexity index is 405. The summed E-state index contributed by atoms with van der Waals surface area (Å²) in [6.07, 6.45) is 2.04. The van der Waals surface area contributed by atoms with Gasteiger partial charge in [0.2, 0.25) is 0 Å². The normalized spacial score (nSPS) is 11.9. The average Bonchev–Trinajstić information content (AvgIpc) is 2.68. The summed E-state index contributed by atoms with van der Waals surface area (Å²) in [4.78, 5) is 27.1. The molecular formula is C10H15N3O3S. The van der Waals surface area contributed by atoms with Gasteiger partial charge in [0.1, 0.15) is 6.04 Å². The number of rotatable bonds is 5. The molecule has 1 atom stereocenters. The molecule has 3 N–H and O–H groups in total. The quantitative estimate of drug-likeness (QED) is 0.737. The van der Waals surface area contributed by atoms with Crippen LogP contribution < -0.4 is 10.6 Å². The van der Waals surface area contributed by atoms with Gasteiger partial charge in [-0.1, -0.05) is 6.92 Å². The summed E-state index contributed by atoms with van der Waals surface area (Å²) in [5, 5.41) is 14.7. The van der Waals surface area contributed by atoms with Crippen LogP contribution in [-0.2, 0) is 11.3 Å². The zero-order valence-electron chi connectivity index (χ0n) is 9.69. The van der Waals surface area contributed by atoms with Crippen molar-refractivity contribution in [2.75, 3.05) is 0 Å². The molecule has 0 saturated heterocycles. The van der Waals surface area contributed by atoms with Crippen LogP contribution in [0.3, 0.4) is 0 Å². The van der Waals surface area contributed by atoms with Crippen LogP contribution in [-0.4, -0.2) is 28.1 Å². The molecule has 0 aliphatic carbocycles. The van der Waals surface area contributed by atoms with E-state index in [1.165, 1.54) is 11.3 Å². The molecule has 0 unspecified atom stereocenters. The monoisotopic (exact) mass is 257 g/mol. The lowest BCUT2D eigenvalue weighted by atomic mass is 10.2. The van der Waals surface area contributed by atoms with Gasteiger partial charge in [-0.15, -0.1) is 11.3 Å². The Kier molecular flexibility index (Phi) is 4.89. The fraction of sp³-hybridized carbons (Fsp3) is 0.500. The number of nitrogens with one attached hydrogen (secondary N) is 2. The number of carbonyl (C=O) groups excluding carboxylic acids is 1. The lowest BCUT2D eigenvalue weighted by Crippen LogP contribution is -2.45. The summed E-state index contributed by atoms with van der Waals surface area (Å²) in [6.45, 7) is 3.94. The fourth-order valence-electron chi connectivity index (χ4n) is 1.20. The molecule has 7 heteroatoms. The van der Waals surface area contributed by atoms with E-state index >= 15 is 0 Å². The van der Waals surface area contributed by atoms with E-state index in [9.17, 15) is 9.59 Å². The molecule has 0 aliphatic heterocycles. The van der Waals surface area contributed by atoms with Crippen LogP contribution >= 0.6 is 11.3 Å². The first-order valence-corrected chi connectivity index (χ1v) is 6.03. The fourth-order valence-corrected chi connectivity index (χ4v) is 1.94. The number of aromatic nitrogens is 1. The molecule has 0 spiro atoms. The molecule has 1 heterocycles. The summed E-state index contributed by atoms with van der Waals surface area (Å²) in [7, 11) is 0. The van der Waals surface area contributed by atoms with E-state index < -0.39 is 18.0 Å². The Morgan fingerprint density at radius 1 is 1.59 bits per heavy atom. The van der Waals surface area contributed by atoms with Crippen molar-refractivity contribution < 1.29 is 14.7 Å². The first kappa shape index (κ1) is 13.4. The van der Waals surface area contributed by atoms with Crippen molar-refractivity contribution >= 4 is 23.3 Å². The van der Waals surface area contributed by atoms with Crippen LogP contribution in [0.15, 0.2) is 6.20 Å². The number of hydrogen-bond acceptors (Lipinski definition) is 4. The van der Waals surface area contributed by atoms with Crippen molar-refractivity contribution in [3.05, 3.63) is 16.1 Å². The van der Waals surface area contributed by atoms with E-state index in [1.807, 2.05) is 6.92 Å². The number of carboxylic acid groups (broad SMARTS) is 1. The van der Waals surface area contributed by atoms with Crippen molar-refractivity contribution in [3.63, 3.8) is 0 Å². The summed E-state index contributed by atoms with van der Waals surface area (Å²) in [6, 6.07) is -1.33. The molecule has 0 radical (unpaired) electrons. The molecule has 17 heavy (non-hydrogen) atoms. The number of aryl methyl sites for hydroxylation is 1. The predicted molar refractivity (Wildman–Crippen MR) is 63.9 cm³/mol. The van der Waals surface area contributed by atoms with Crippen molar-refractivity contribution in [1.29, 1.82) is 0 Å². The van der Waals surface area contributed by atoms with Gasteiger partial charge in [-0.05, 0) is 13.3 Å². The number of amides is 2. The molecule has 1 rings (SSSR count). The summed E-state index contributed by atoms with van der Waals surface area (Å²) < 4.78 is 0. The predicted octanol–water partition coefficient (Wildman–Crippen LogP) is 1.11. The third-order valence-corrected chi connectivity index (χ3v) is 3.02. The van der Waals surface area contributed by atoms with E-state index in [0.29, 0.717) is 13.0 Å². The highest BCUT2D eigenvalue weighted by Gasteiger charge is 2.17. The minimum absolute atomic E-state index is 0.350. The van der Waals surface area contributed by atoms with Gasteiger partial charge in [0, 0.05) is 11.1 Å². The van der Waals surface area contributed by atoms with Crippen LogP contribution in [0.2, 0.25) is 0 Å². The molecule has 0 aromatic carbocycles. The zero-order chi connectivity index (χ0) is 12.8. The maximum Gasteiger partial charge on any atom is 0.326 e. The Hall–Kier alpha value is -1.63. The molecule has 94 valence electrons. The van der Waals surface area contributed by atoms with Crippen LogP contribution in [0.25, 0.3) is 0 Å². The molecular weight excluding hydrogens is 242 g/mol. The highest BCUT2D eigenvalue weighted by Crippen LogP contribution is 2.10. The smallest absolute Gasteiger partial charge is 0.326 e. The number of carboxylic acids is 1. The molecule has 6 nitrogen and oxygen atoms in total. The second-order valence-electron chi connectivity index (χ2n) is 3.47. The number of thiazole rings is 1. The number of carbonyl (C=O) groups is 2. The third kappa shape index (κ3) is 4.39. The first-order valence-electron chi connectivity index (χ1n) is 5.21. The Morgan fingerprint density at radius 3 is 2.76 bits per heavy atom. The third-order valence-electron chi connectivity index (χ3n) is 2.10. The minimum Gasteiger partial charge on any atom is -0.480 e. The van der Waals surface area contributed by atoms with E-state index in [4.69, 9.17) is 5.11 Å². The number of nitrogens with zero attached hydrogens (tertiary/aromatic N) is 1. The lowest BCUT2D eigenvalue weighted by Gasteiger charge is -2.12. The Morgan fingerprint density at radius 2 is 2.29 bits per heavy atom. The molecule has 1 aromatic rings. The van der Waals surface area contributed by atoms with E-state index in [1.54, 1.807) is 13.1 Å². The van der Waals surface area contributed by atoms with E-state index in [0.717, 1.165) is 9.88 Å². The summed E-state index contributed by atoms with van der Waals surface area (Å²) in [5.41, 5.74) is 0. The number of aliphatic carboxylic acids is 1. The molecule has 0 bridgehead atoms. The molecule has 1 aromatic heterocycles. The van der Waals surface area contributed by atoms with Crippen LogP contribution in [0.1, 0.15) is 23.2 Å². The van der Waals surface area contributed by atoms with E-state index in [-0.39, 0.29) is 0 Å². The van der Waals surface area contributed by atoms with Crippen molar-refractivity contribution in [1.82, 2.24) is 15.6 Å². The SMILES string of the molecule is CC[C@@H](NC(=O)NCc1cnc(C)s1)C(=O)O. The van der Waals surface area contributed by atoms with Gasteiger partial charge < -0.3 is 15.7 Å². The van der Waals surface area contributed by atoms with Gasteiger partial charge in [0.05, 0.1) is 11.6 Å². The molecule has 0 saturated carbocycles. The molecule has 2 amide bonds. The lowest BCUT2D eigenvalue weighted by molar-refractivity contribution is -0.139. The van der Waals surface area contributed by atoms with Gasteiger partial charge in [-0.2, -0.15) is 0 Å². The van der Waals surface area contributed by atoms with E-state index in [2.05, 4.69) is 15.6 Å². The number of hydrogen-bond donors (Lipinski definition) is 3. The van der Waals surface area contributed by atoms with Crippen LogP contribution in [0.4, 0.5) is 4.79 Å². The van der Waals surface area contributed by atoms with Crippen molar-refractivity contribution in [2.45, 2.75) is 32.9 Å².